The Labute approximate surface area is 226 Å². The van der Waals surface area contributed by atoms with E-state index in [2.05, 4.69) is 20.3 Å². The van der Waals surface area contributed by atoms with Gasteiger partial charge in [0.15, 0.2) is 5.01 Å². The first-order valence-corrected chi connectivity index (χ1v) is 14.5. The van der Waals surface area contributed by atoms with Gasteiger partial charge in [0.1, 0.15) is 0 Å². The Balaban J connectivity index is 1.39. The highest BCUT2D eigenvalue weighted by atomic mass is 35.5. The van der Waals surface area contributed by atoms with Gasteiger partial charge in [0.25, 0.3) is 15.9 Å². The van der Waals surface area contributed by atoms with Gasteiger partial charge in [-0.3, -0.25) is 9.52 Å². The van der Waals surface area contributed by atoms with Crippen molar-refractivity contribution in [3.05, 3.63) is 70.6 Å². The van der Waals surface area contributed by atoms with E-state index in [9.17, 15) is 22.0 Å². The molecule has 0 spiro atoms. The molecule has 1 amide bonds. The van der Waals surface area contributed by atoms with Crippen molar-refractivity contribution in [2.24, 2.45) is 0 Å². The molecule has 1 aliphatic rings. The van der Waals surface area contributed by atoms with E-state index in [1.807, 2.05) is 4.72 Å². The lowest BCUT2D eigenvalue weighted by molar-refractivity contribution is 0.0927. The number of hydrogen-bond acceptors (Lipinski definition) is 7. The number of anilines is 1. The summed E-state index contributed by atoms with van der Waals surface area (Å²) in [6.45, 7) is 2.20. The zero-order valence-corrected chi connectivity index (χ0v) is 22.2. The number of alkyl halides is 2. The average molecular weight is 581 g/mol. The zero-order chi connectivity index (χ0) is 26.9. The third-order valence-corrected chi connectivity index (χ3v) is 8.43. The molecule has 2 N–H and O–H groups in total. The number of rotatable bonds is 9. The molecule has 4 heterocycles. The van der Waals surface area contributed by atoms with Crippen LogP contribution in [0.4, 0.5) is 14.5 Å². The second-order valence-electron chi connectivity index (χ2n) is 8.83. The van der Waals surface area contributed by atoms with Crippen LogP contribution in [-0.2, 0) is 10.0 Å². The van der Waals surface area contributed by atoms with Gasteiger partial charge < -0.3 is 10.2 Å². The number of thiazole rings is 1. The van der Waals surface area contributed by atoms with E-state index in [0.717, 1.165) is 41.9 Å². The van der Waals surface area contributed by atoms with Crippen LogP contribution in [0, 0.1) is 0 Å². The van der Waals surface area contributed by atoms with Crippen LogP contribution in [0.25, 0.3) is 16.0 Å². The fraction of sp³-hybridized carbons (Fsp3) is 0.292. The Bertz CT molecular complexity index is 1570. The normalized spacial score (nSPS) is 15.3. The molecule has 0 bridgehead atoms. The lowest BCUT2D eigenvalue weighted by Crippen LogP contribution is -2.37. The summed E-state index contributed by atoms with van der Waals surface area (Å²) in [6.07, 6.45) is 7.10. The summed E-state index contributed by atoms with van der Waals surface area (Å²) in [7, 11) is -4.82. The molecule has 1 saturated heterocycles. The van der Waals surface area contributed by atoms with E-state index >= 15 is 0 Å². The van der Waals surface area contributed by atoms with Gasteiger partial charge >= 0.3 is 5.76 Å². The van der Waals surface area contributed by atoms with Crippen molar-refractivity contribution < 1.29 is 22.0 Å². The number of amides is 1. The third kappa shape index (κ3) is 5.80. The molecule has 0 saturated carbocycles. The molecule has 1 fully saturated rings. The number of halogens is 3. The minimum absolute atomic E-state index is 0.00764. The van der Waals surface area contributed by atoms with E-state index in [1.54, 1.807) is 47.4 Å². The largest absolute Gasteiger partial charge is 0.355 e. The van der Waals surface area contributed by atoms with Crippen molar-refractivity contribution in [2.45, 2.75) is 24.6 Å². The van der Waals surface area contributed by atoms with Crippen LogP contribution < -0.4 is 10.0 Å². The molecular formula is C24H23ClF2N6O3S2. The van der Waals surface area contributed by atoms with Gasteiger partial charge in [-0.1, -0.05) is 23.7 Å². The monoisotopic (exact) mass is 580 g/mol. The molecule has 9 nitrogen and oxygen atoms in total. The summed E-state index contributed by atoms with van der Waals surface area (Å²) >= 11 is 7.35. The summed E-state index contributed by atoms with van der Waals surface area (Å²) in [5.41, 5.74) is 2.14. The van der Waals surface area contributed by atoms with Crippen LogP contribution in [-0.4, -0.2) is 59.2 Å². The Morgan fingerprint density at radius 3 is 2.71 bits per heavy atom. The number of benzene rings is 1. The van der Waals surface area contributed by atoms with E-state index < -0.39 is 27.7 Å². The Morgan fingerprint density at radius 2 is 1.95 bits per heavy atom. The van der Waals surface area contributed by atoms with Crippen molar-refractivity contribution >= 4 is 50.1 Å². The van der Waals surface area contributed by atoms with Crippen molar-refractivity contribution in [1.29, 1.82) is 0 Å². The number of likely N-dealkylation sites (tertiary alicyclic amines) is 1. The number of fused-ring (bicyclic) bond motifs is 1. The molecule has 0 aliphatic carbocycles. The topological polar surface area (TPSA) is 109 Å². The third-order valence-electron chi connectivity index (χ3n) is 6.18. The lowest BCUT2D eigenvalue weighted by atomic mass is 10.1. The van der Waals surface area contributed by atoms with Crippen LogP contribution in [0.5, 0.6) is 0 Å². The molecule has 14 heteroatoms. The average Bonchev–Trinajstić information content (AvgIpc) is 3.64. The standard InChI is InChI=1S/C24H23ClF2N6O3S2/c25-16-6-9-33-20(11-16)18(12-29-33)21-13-28-23(37-21)22(34)30-19(14-32-7-1-2-8-32)15-4-3-5-17(10-15)31-38(35,36)24(26)27/h3-6,9-13,19,24,31H,1-2,7-8,14H2,(H,30,34)/t19-/m1/s1. The fourth-order valence-electron chi connectivity index (χ4n) is 4.35. The number of pyridine rings is 1. The van der Waals surface area contributed by atoms with E-state index in [4.69, 9.17) is 11.6 Å². The summed E-state index contributed by atoms with van der Waals surface area (Å²) in [5.74, 6) is -3.96. The number of nitrogens with one attached hydrogen (secondary N) is 2. The maximum absolute atomic E-state index is 13.3. The molecule has 1 aliphatic heterocycles. The molecule has 1 aromatic carbocycles. The highest BCUT2D eigenvalue weighted by molar-refractivity contribution is 7.93. The van der Waals surface area contributed by atoms with E-state index in [0.29, 0.717) is 17.1 Å². The predicted molar refractivity (Wildman–Crippen MR) is 142 cm³/mol. The first kappa shape index (κ1) is 26.5. The molecule has 0 unspecified atom stereocenters. The second-order valence-corrected chi connectivity index (χ2v) is 11.9. The highest BCUT2D eigenvalue weighted by Crippen LogP contribution is 2.31. The molecule has 38 heavy (non-hydrogen) atoms. The summed E-state index contributed by atoms with van der Waals surface area (Å²) < 4.78 is 52.6. The van der Waals surface area contributed by atoms with Gasteiger partial charge in [-0.25, -0.2) is 17.9 Å². The molecule has 1 atom stereocenters. The van der Waals surface area contributed by atoms with Gasteiger partial charge in [-0.2, -0.15) is 13.9 Å². The van der Waals surface area contributed by atoms with Gasteiger partial charge in [-0.05, 0) is 55.8 Å². The maximum atomic E-state index is 13.3. The van der Waals surface area contributed by atoms with Crippen LogP contribution in [0.3, 0.4) is 0 Å². The number of carbonyl (C=O) groups excluding carboxylic acids is 1. The summed E-state index contributed by atoms with van der Waals surface area (Å²) in [5, 5.41) is 8.11. The lowest BCUT2D eigenvalue weighted by Gasteiger charge is -2.25. The number of aromatic nitrogens is 3. The predicted octanol–water partition coefficient (Wildman–Crippen LogP) is 4.64. The molecule has 200 valence electrons. The Hall–Kier alpha value is -3.13. The minimum Gasteiger partial charge on any atom is -0.342 e. The van der Waals surface area contributed by atoms with Gasteiger partial charge in [-0.15, -0.1) is 11.3 Å². The minimum atomic E-state index is -4.82. The number of hydrogen-bond donors (Lipinski definition) is 2. The van der Waals surface area contributed by atoms with Crippen LogP contribution in [0.15, 0.2) is 55.0 Å². The quantitative estimate of drug-likeness (QED) is 0.298. The summed E-state index contributed by atoms with van der Waals surface area (Å²) in [6, 6.07) is 9.09. The zero-order valence-electron chi connectivity index (χ0n) is 19.9. The van der Waals surface area contributed by atoms with Crippen LogP contribution >= 0.6 is 22.9 Å². The highest BCUT2D eigenvalue weighted by Gasteiger charge is 2.26. The molecular weight excluding hydrogens is 558 g/mol. The molecule has 5 rings (SSSR count). The van der Waals surface area contributed by atoms with Crippen molar-refractivity contribution in [3.63, 3.8) is 0 Å². The molecule has 4 aromatic rings. The van der Waals surface area contributed by atoms with Gasteiger partial charge in [0.2, 0.25) is 0 Å². The summed E-state index contributed by atoms with van der Waals surface area (Å²) in [4.78, 5) is 20.5. The Morgan fingerprint density at radius 1 is 1.16 bits per heavy atom. The van der Waals surface area contributed by atoms with Crippen LogP contribution in [0.2, 0.25) is 5.02 Å². The number of nitrogens with zero attached hydrogens (tertiary/aromatic N) is 4. The van der Waals surface area contributed by atoms with E-state index in [-0.39, 0.29) is 10.7 Å². The van der Waals surface area contributed by atoms with Crippen LogP contribution in [0.1, 0.15) is 34.2 Å². The van der Waals surface area contributed by atoms with Gasteiger partial charge in [0, 0.05) is 35.2 Å². The fourth-order valence-corrected chi connectivity index (χ4v) is 5.90. The van der Waals surface area contributed by atoms with Gasteiger partial charge in [0.05, 0.1) is 22.6 Å². The van der Waals surface area contributed by atoms with Crippen molar-refractivity contribution in [2.75, 3.05) is 24.4 Å². The Kier molecular flexibility index (Phi) is 7.61. The molecule has 0 radical (unpaired) electrons. The van der Waals surface area contributed by atoms with Crippen molar-refractivity contribution in [1.82, 2.24) is 24.8 Å². The maximum Gasteiger partial charge on any atom is 0.355 e. The second kappa shape index (κ2) is 10.9. The first-order valence-electron chi connectivity index (χ1n) is 11.7. The number of sulfonamides is 1. The first-order chi connectivity index (χ1) is 18.2. The smallest absolute Gasteiger partial charge is 0.342 e. The van der Waals surface area contributed by atoms with Crippen molar-refractivity contribution in [3.8, 4) is 10.4 Å². The molecule has 3 aromatic heterocycles. The number of carbonyl (C=O) groups is 1. The SMILES string of the molecule is O=C(N[C@H](CN1CCCC1)c1cccc(NS(=O)(=O)C(F)F)c1)c1ncc(-c2cnn3ccc(Cl)cc23)s1. The van der Waals surface area contributed by atoms with E-state index in [1.165, 1.54) is 23.5 Å².